The standard InChI is InChI=1S/C14H23N3O3S/c1-12(16-5-6-17-7-9-20-10-8-17)13-3-2-4-14(11-13)21(15,18)19/h2-4,11-12,16H,5-10H2,1H3,(H2,15,18,19). The Morgan fingerprint density at radius 2 is 2.10 bits per heavy atom. The van der Waals surface area contributed by atoms with Crippen molar-refractivity contribution in [1.29, 1.82) is 0 Å². The normalized spacial score (nSPS) is 18.6. The molecule has 1 fully saturated rings. The van der Waals surface area contributed by atoms with E-state index in [-0.39, 0.29) is 10.9 Å². The summed E-state index contributed by atoms with van der Waals surface area (Å²) in [5.41, 5.74) is 0.920. The first-order valence-corrected chi connectivity index (χ1v) is 8.68. The van der Waals surface area contributed by atoms with Crippen LogP contribution in [0.2, 0.25) is 0 Å². The van der Waals surface area contributed by atoms with Crippen LogP contribution in [0.3, 0.4) is 0 Å². The van der Waals surface area contributed by atoms with Gasteiger partial charge in [-0.05, 0) is 24.6 Å². The molecule has 1 unspecified atom stereocenters. The molecule has 7 heteroatoms. The Morgan fingerprint density at radius 1 is 1.38 bits per heavy atom. The van der Waals surface area contributed by atoms with E-state index < -0.39 is 10.0 Å². The SMILES string of the molecule is CC(NCCN1CCOCC1)c1cccc(S(N)(=O)=O)c1. The van der Waals surface area contributed by atoms with Gasteiger partial charge in [-0.1, -0.05) is 12.1 Å². The van der Waals surface area contributed by atoms with Crippen LogP contribution in [-0.4, -0.2) is 52.7 Å². The Balaban J connectivity index is 1.86. The van der Waals surface area contributed by atoms with Gasteiger partial charge in [-0.25, -0.2) is 13.6 Å². The summed E-state index contributed by atoms with van der Waals surface area (Å²) in [6, 6.07) is 6.84. The lowest BCUT2D eigenvalue weighted by Crippen LogP contribution is -2.40. The molecule has 1 aliphatic heterocycles. The molecule has 21 heavy (non-hydrogen) atoms. The predicted molar refractivity (Wildman–Crippen MR) is 81.5 cm³/mol. The van der Waals surface area contributed by atoms with Crippen LogP contribution in [0.5, 0.6) is 0 Å². The lowest BCUT2D eigenvalue weighted by molar-refractivity contribution is 0.0382. The topological polar surface area (TPSA) is 84.7 Å². The smallest absolute Gasteiger partial charge is 0.238 e. The van der Waals surface area contributed by atoms with E-state index in [1.54, 1.807) is 12.1 Å². The number of nitrogens with one attached hydrogen (secondary N) is 1. The summed E-state index contributed by atoms with van der Waals surface area (Å²) in [4.78, 5) is 2.51. The van der Waals surface area contributed by atoms with Crippen molar-refractivity contribution in [1.82, 2.24) is 10.2 Å². The van der Waals surface area contributed by atoms with Gasteiger partial charge in [0.05, 0.1) is 18.1 Å². The van der Waals surface area contributed by atoms with Crippen molar-refractivity contribution in [3.8, 4) is 0 Å². The summed E-state index contributed by atoms with van der Waals surface area (Å²) >= 11 is 0. The molecule has 6 nitrogen and oxygen atoms in total. The number of hydrogen-bond donors (Lipinski definition) is 2. The van der Waals surface area contributed by atoms with Gasteiger partial charge in [0.1, 0.15) is 0 Å². The van der Waals surface area contributed by atoms with Crippen LogP contribution < -0.4 is 10.5 Å². The summed E-state index contributed by atoms with van der Waals surface area (Å²) in [5.74, 6) is 0. The van der Waals surface area contributed by atoms with Gasteiger partial charge < -0.3 is 10.1 Å². The van der Waals surface area contributed by atoms with Gasteiger partial charge in [0, 0.05) is 32.2 Å². The monoisotopic (exact) mass is 313 g/mol. The van der Waals surface area contributed by atoms with E-state index in [2.05, 4.69) is 10.2 Å². The fourth-order valence-electron chi connectivity index (χ4n) is 2.34. The van der Waals surface area contributed by atoms with Gasteiger partial charge in [-0.3, -0.25) is 4.90 Å². The third kappa shape index (κ3) is 5.05. The highest BCUT2D eigenvalue weighted by Crippen LogP contribution is 2.16. The van der Waals surface area contributed by atoms with E-state index in [9.17, 15) is 8.42 Å². The summed E-state index contributed by atoms with van der Waals surface area (Å²) < 4.78 is 28.0. The second-order valence-electron chi connectivity index (χ2n) is 5.25. The van der Waals surface area contributed by atoms with Crippen molar-refractivity contribution in [2.45, 2.75) is 17.9 Å². The fraction of sp³-hybridized carbons (Fsp3) is 0.571. The van der Waals surface area contributed by atoms with Crippen LogP contribution in [0.1, 0.15) is 18.5 Å². The van der Waals surface area contributed by atoms with E-state index in [1.165, 1.54) is 6.07 Å². The molecule has 3 N–H and O–H groups in total. The Kier molecular flexibility index (Phi) is 5.72. The minimum absolute atomic E-state index is 0.0766. The third-order valence-corrected chi connectivity index (χ3v) is 4.58. The van der Waals surface area contributed by atoms with E-state index in [4.69, 9.17) is 9.88 Å². The maximum absolute atomic E-state index is 11.4. The minimum atomic E-state index is -3.65. The number of rotatable bonds is 6. The molecular weight excluding hydrogens is 290 g/mol. The van der Waals surface area contributed by atoms with Crippen LogP contribution in [0.15, 0.2) is 29.2 Å². The number of morpholine rings is 1. The van der Waals surface area contributed by atoms with Crippen LogP contribution in [0.4, 0.5) is 0 Å². The average molecular weight is 313 g/mol. The molecule has 0 aromatic heterocycles. The van der Waals surface area contributed by atoms with E-state index in [0.29, 0.717) is 0 Å². The Labute approximate surface area is 126 Å². The number of nitrogens with two attached hydrogens (primary N) is 1. The quantitative estimate of drug-likeness (QED) is 0.790. The molecule has 1 heterocycles. The van der Waals surface area contributed by atoms with Crippen molar-refractivity contribution >= 4 is 10.0 Å². The summed E-state index contributed by atoms with van der Waals surface area (Å²) in [7, 11) is -3.65. The second-order valence-corrected chi connectivity index (χ2v) is 6.81. The molecule has 0 aliphatic carbocycles. The number of hydrogen-bond acceptors (Lipinski definition) is 5. The number of sulfonamides is 1. The van der Waals surface area contributed by atoms with Gasteiger partial charge >= 0.3 is 0 Å². The van der Waals surface area contributed by atoms with Crippen LogP contribution in [-0.2, 0) is 14.8 Å². The van der Waals surface area contributed by atoms with Gasteiger partial charge in [-0.15, -0.1) is 0 Å². The van der Waals surface area contributed by atoms with Crippen molar-refractivity contribution < 1.29 is 13.2 Å². The lowest BCUT2D eigenvalue weighted by Gasteiger charge is -2.27. The molecule has 0 saturated carbocycles. The summed E-state index contributed by atoms with van der Waals surface area (Å²) in [6.07, 6.45) is 0. The van der Waals surface area contributed by atoms with Crippen LogP contribution in [0.25, 0.3) is 0 Å². The number of benzene rings is 1. The zero-order valence-corrected chi connectivity index (χ0v) is 13.1. The molecule has 1 atom stereocenters. The second kappa shape index (κ2) is 7.33. The predicted octanol–water partition coefficient (Wildman–Crippen LogP) is 0.317. The number of ether oxygens (including phenoxy) is 1. The molecule has 1 aromatic rings. The third-order valence-electron chi connectivity index (χ3n) is 3.67. The van der Waals surface area contributed by atoms with Crippen molar-refractivity contribution in [2.75, 3.05) is 39.4 Å². The molecule has 2 rings (SSSR count). The Bertz CT molecular complexity index is 556. The van der Waals surface area contributed by atoms with Gasteiger partial charge in [0.25, 0.3) is 0 Å². The molecule has 0 bridgehead atoms. The van der Waals surface area contributed by atoms with Crippen LogP contribution in [0, 0.1) is 0 Å². The van der Waals surface area contributed by atoms with Gasteiger partial charge in [-0.2, -0.15) is 0 Å². The molecule has 1 saturated heterocycles. The summed E-state index contributed by atoms with van der Waals surface area (Å²) in [6.45, 7) is 7.36. The maximum atomic E-state index is 11.4. The number of nitrogens with zero attached hydrogens (tertiary/aromatic N) is 1. The first-order valence-electron chi connectivity index (χ1n) is 7.13. The molecule has 118 valence electrons. The van der Waals surface area contributed by atoms with Gasteiger partial charge in [0.15, 0.2) is 0 Å². The Hall–Kier alpha value is -0.990. The van der Waals surface area contributed by atoms with Gasteiger partial charge in [0.2, 0.25) is 10.0 Å². The Morgan fingerprint density at radius 3 is 2.76 bits per heavy atom. The zero-order valence-electron chi connectivity index (χ0n) is 12.3. The molecule has 0 amide bonds. The molecule has 0 radical (unpaired) electrons. The fourth-order valence-corrected chi connectivity index (χ4v) is 2.91. The average Bonchev–Trinajstić information content (AvgIpc) is 2.47. The maximum Gasteiger partial charge on any atom is 0.238 e. The van der Waals surface area contributed by atoms with Crippen molar-refractivity contribution in [3.05, 3.63) is 29.8 Å². The lowest BCUT2D eigenvalue weighted by atomic mass is 10.1. The van der Waals surface area contributed by atoms with E-state index in [0.717, 1.165) is 45.0 Å². The molecular formula is C14H23N3O3S. The minimum Gasteiger partial charge on any atom is -0.379 e. The van der Waals surface area contributed by atoms with E-state index in [1.807, 2.05) is 13.0 Å². The summed E-state index contributed by atoms with van der Waals surface area (Å²) in [5, 5.41) is 8.56. The number of primary sulfonamides is 1. The largest absolute Gasteiger partial charge is 0.379 e. The van der Waals surface area contributed by atoms with Crippen LogP contribution >= 0.6 is 0 Å². The zero-order chi connectivity index (χ0) is 15.3. The molecule has 1 aliphatic rings. The molecule has 1 aromatic carbocycles. The highest BCUT2D eigenvalue weighted by molar-refractivity contribution is 7.89. The molecule has 0 spiro atoms. The first-order chi connectivity index (χ1) is 9.97. The van der Waals surface area contributed by atoms with Crippen molar-refractivity contribution in [2.24, 2.45) is 5.14 Å². The van der Waals surface area contributed by atoms with E-state index >= 15 is 0 Å². The van der Waals surface area contributed by atoms with Crippen molar-refractivity contribution in [3.63, 3.8) is 0 Å². The first kappa shape index (κ1) is 16.4. The highest BCUT2D eigenvalue weighted by atomic mass is 32.2. The highest BCUT2D eigenvalue weighted by Gasteiger charge is 2.13.